The summed E-state index contributed by atoms with van der Waals surface area (Å²) >= 11 is 3.44. The third-order valence-corrected chi connectivity index (χ3v) is 4.35. The van der Waals surface area contributed by atoms with Gasteiger partial charge in [0.15, 0.2) is 11.5 Å². The molecule has 0 spiro atoms. The van der Waals surface area contributed by atoms with E-state index in [1.54, 1.807) is 36.4 Å². The van der Waals surface area contributed by atoms with Crippen molar-refractivity contribution >= 4 is 39.5 Å². The molecule has 1 aliphatic heterocycles. The van der Waals surface area contributed by atoms with E-state index in [4.69, 9.17) is 9.47 Å². The quantitative estimate of drug-likeness (QED) is 0.599. The maximum absolute atomic E-state index is 12.6. The Morgan fingerprint density at radius 1 is 1.19 bits per heavy atom. The lowest BCUT2D eigenvalue weighted by atomic mass is 10.1. The number of carbonyl (C=O) groups excluding carboxylic acids is 2. The molecule has 0 aromatic heterocycles. The predicted octanol–water partition coefficient (Wildman–Crippen LogP) is 3.32. The van der Waals surface area contributed by atoms with Crippen molar-refractivity contribution in [1.82, 2.24) is 5.43 Å². The average molecular weight is 417 g/mol. The molecule has 1 fully saturated rings. The van der Waals surface area contributed by atoms with Gasteiger partial charge in [-0.25, -0.2) is 5.01 Å². The Kier molecular flexibility index (Phi) is 5.27. The molecule has 1 saturated heterocycles. The topological polar surface area (TPSA) is 67.9 Å². The van der Waals surface area contributed by atoms with E-state index in [0.717, 1.165) is 0 Å². The van der Waals surface area contributed by atoms with E-state index in [1.165, 1.54) is 18.2 Å². The SMILES string of the molecule is CCOc1c(Br)cc(/C=C2/C(=O)NN(c3ccccc3)C2=O)cc1OC. The summed E-state index contributed by atoms with van der Waals surface area (Å²) in [4.78, 5) is 24.9. The van der Waals surface area contributed by atoms with Gasteiger partial charge in [0, 0.05) is 0 Å². The van der Waals surface area contributed by atoms with Crippen LogP contribution < -0.4 is 19.9 Å². The molecule has 6 nitrogen and oxygen atoms in total. The van der Waals surface area contributed by atoms with Gasteiger partial charge in [0.1, 0.15) is 5.57 Å². The lowest BCUT2D eigenvalue weighted by Gasteiger charge is -2.14. The Hall–Kier alpha value is -2.80. The molecule has 1 heterocycles. The molecule has 0 atom stereocenters. The Labute approximate surface area is 159 Å². The number of nitrogens with one attached hydrogen (secondary N) is 1. The van der Waals surface area contributed by atoms with Crippen molar-refractivity contribution in [3.63, 3.8) is 0 Å². The van der Waals surface area contributed by atoms with Crippen molar-refractivity contribution in [2.75, 3.05) is 18.7 Å². The minimum Gasteiger partial charge on any atom is -0.493 e. The lowest BCUT2D eigenvalue weighted by Crippen LogP contribution is -2.35. The van der Waals surface area contributed by atoms with Crippen LogP contribution in [-0.4, -0.2) is 25.5 Å². The van der Waals surface area contributed by atoms with Gasteiger partial charge in [-0.2, -0.15) is 0 Å². The summed E-state index contributed by atoms with van der Waals surface area (Å²) in [6.07, 6.45) is 1.53. The van der Waals surface area contributed by atoms with E-state index < -0.39 is 11.8 Å². The summed E-state index contributed by atoms with van der Waals surface area (Å²) in [6, 6.07) is 12.4. The fraction of sp³-hybridized carbons (Fsp3) is 0.158. The molecule has 1 N–H and O–H groups in total. The second-order valence-corrected chi connectivity index (χ2v) is 6.30. The van der Waals surface area contributed by atoms with E-state index in [-0.39, 0.29) is 5.57 Å². The Bertz CT molecular complexity index is 881. The van der Waals surface area contributed by atoms with E-state index in [9.17, 15) is 9.59 Å². The zero-order chi connectivity index (χ0) is 18.7. The molecule has 2 amide bonds. The molecule has 2 aromatic rings. The number of ether oxygens (including phenoxy) is 2. The first kappa shape index (κ1) is 18.0. The third kappa shape index (κ3) is 3.43. The fourth-order valence-corrected chi connectivity index (χ4v) is 3.16. The largest absolute Gasteiger partial charge is 0.493 e. The van der Waals surface area contributed by atoms with Gasteiger partial charge in [-0.05, 0) is 58.8 Å². The average Bonchev–Trinajstić information content (AvgIpc) is 2.92. The number of hydrogen-bond donors (Lipinski definition) is 1. The molecule has 0 saturated carbocycles. The van der Waals surface area contributed by atoms with Crippen LogP contribution in [0.3, 0.4) is 0 Å². The maximum atomic E-state index is 12.6. The van der Waals surface area contributed by atoms with Gasteiger partial charge in [0.05, 0.1) is 23.9 Å². The molecule has 2 aromatic carbocycles. The number of anilines is 1. The van der Waals surface area contributed by atoms with Crippen LogP contribution in [0, 0.1) is 0 Å². The molecular weight excluding hydrogens is 400 g/mol. The maximum Gasteiger partial charge on any atom is 0.282 e. The minimum atomic E-state index is -0.456. The van der Waals surface area contributed by atoms with Crippen LogP contribution in [0.25, 0.3) is 6.08 Å². The van der Waals surface area contributed by atoms with Crippen molar-refractivity contribution in [3.8, 4) is 11.5 Å². The van der Waals surface area contributed by atoms with Gasteiger partial charge in [0.2, 0.25) is 0 Å². The van der Waals surface area contributed by atoms with Crippen LogP contribution in [-0.2, 0) is 9.59 Å². The van der Waals surface area contributed by atoms with E-state index in [0.29, 0.717) is 33.8 Å². The van der Waals surface area contributed by atoms with E-state index in [1.807, 2.05) is 13.0 Å². The van der Waals surface area contributed by atoms with Crippen LogP contribution in [0.2, 0.25) is 0 Å². The van der Waals surface area contributed by atoms with Gasteiger partial charge in [0.25, 0.3) is 11.8 Å². The highest BCUT2D eigenvalue weighted by Gasteiger charge is 2.34. The Balaban J connectivity index is 1.96. The Morgan fingerprint density at radius 2 is 1.92 bits per heavy atom. The summed E-state index contributed by atoms with van der Waals surface area (Å²) in [5.41, 5.74) is 3.86. The number of amides is 2. The number of carbonyl (C=O) groups is 2. The van der Waals surface area contributed by atoms with Crippen molar-refractivity contribution < 1.29 is 19.1 Å². The van der Waals surface area contributed by atoms with Crippen molar-refractivity contribution in [2.24, 2.45) is 0 Å². The normalized spacial score (nSPS) is 15.3. The molecule has 0 radical (unpaired) electrons. The van der Waals surface area contributed by atoms with Gasteiger partial charge in [-0.3, -0.25) is 15.0 Å². The second-order valence-electron chi connectivity index (χ2n) is 5.44. The molecule has 0 unspecified atom stereocenters. The zero-order valence-corrected chi connectivity index (χ0v) is 15.9. The number of methoxy groups -OCH3 is 1. The molecule has 7 heteroatoms. The number of rotatable bonds is 5. The van der Waals surface area contributed by atoms with Crippen LogP contribution in [0.4, 0.5) is 5.69 Å². The molecule has 26 heavy (non-hydrogen) atoms. The highest BCUT2D eigenvalue weighted by atomic mass is 79.9. The summed E-state index contributed by atoms with van der Waals surface area (Å²) in [7, 11) is 1.53. The van der Waals surface area contributed by atoms with E-state index >= 15 is 0 Å². The van der Waals surface area contributed by atoms with Crippen LogP contribution in [0.5, 0.6) is 11.5 Å². The summed E-state index contributed by atoms with van der Waals surface area (Å²) in [5.74, 6) is 0.220. The van der Waals surface area contributed by atoms with Crippen molar-refractivity contribution in [1.29, 1.82) is 0 Å². The molecule has 0 bridgehead atoms. The first-order valence-electron chi connectivity index (χ1n) is 7.97. The monoisotopic (exact) mass is 416 g/mol. The predicted molar refractivity (Wildman–Crippen MR) is 102 cm³/mol. The number of nitrogens with zero attached hydrogens (tertiary/aromatic N) is 1. The van der Waals surface area contributed by atoms with Gasteiger partial charge < -0.3 is 9.47 Å². The molecule has 0 aliphatic carbocycles. The van der Waals surface area contributed by atoms with Gasteiger partial charge in [-0.15, -0.1) is 0 Å². The summed E-state index contributed by atoms with van der Waals surface area (Å²) in [6.45, 7) is 2.36. The minimum absolute atomic E-state index is 0.0481. The smallest absolute Gasteiger partial charge is 0.282 e. The number of benzene rings is 2. The Morgan fingerprint density at radius 3 is 2.58 bits per heavy atom. The van der Waals surface area contributed by atoms with Crippen molar-refractivity contribution in [3.05, 3.63) is 58.1 Å². The molecule has 134 valence electrons. The fourth-order valence-electron chi connectivity index (χ4n) is 2.59. The second kappa shape index (κ2) is 7.61. The summed E-state index contributed by atoms with van der Waals surface area (Å²) < 4.78 is 11.6. The van der Waals surface area contributed by atoms with Crippen LogP contribution in [0.1, 0.15) is 12.5 Å². The standard InChI is InChI=1S/C19H17BrN2O4/c1-3-26-17-15(20)10-12(11-16(17)25-2)9-14-18(23)21-22(19(14)24)13-7-5-4-6-8-13/h4-11H,3H2,1-2H3,(H,21,23)/b14-9-. The van der Waals surface area contributed by atoms with Crippen LogP contribution in [0.15, 0.2) is 52.5 Å². The van der Waals surface area contributed by atoms with E-state index in [2.05, 4.69) is 21.4 Å². The highest BCUT2D eigenvalue weighted by molar-refractivity contribution is 9.10. The first-order valence-corrected chi connectivity index (χ1v) is 8.77. The lowest BCUT2D eigenvalue weighted by molar-refractivity contribution is -0.117. The molecular formula is C19H17BrN2O4. The highest BCUT2D eigenvalue weighted by Crippen LogP contribution is 2.37. The molecule has 3 rings (SSSR count). The number of hydrogen-bond acceptors (Lipinski definition) is 4. The van der Waals surface area contributed by atoms with Crippen LogP contribution >= 0.6 is 15.9 Å². The first-order chi connectivity index (χ1) is 12.5. The van der Waals surface area contributed by atoms with Crippen molar-refractivity contribution in [2.45, 2.75) is 6.92 Å². The van der Waals surface area contributed by atoms with Gasteiger partial charge >= 0.3 is 0 Å². The molecule has 1 aliphatic rings. The number of hydrazine groups is 1. The third-order valence-electron chi connectivity index (χ3n) is 3.76. The number of para-hydroxylation sites is 1. The van der Waals surface area contributed by atoms with Gasteiger partial charge in [-0.1, -0.05) is 18.2 Å². The zero-order valence-electron chi connectivity index (χ0n) is 14.3. The number of halogens is 1. The summed E-state index contributed by atoms with van der Waals surface area (Å²) in [5, 5.41) is 1.23.